The summed E-state index contributed by atoms with van der Waals surface area (Å²) < 4.78 is 117. The van der Waals surface area contributed by atoms with Crippen LogP contribution in [-0.4, -0.2) is 7.11 Å². The van der Waals surface area contributed by atoms with E-state index in [-0.39, 0.29) is 0 Å². The maximum Gasteiger partial charge on any atom is 0.204 e. The van der Waals surface area contributed by atoms with Crippen molar-refractivity contribution < 1.29 is 39.9 Å². The van der Waals surface area contributed by atoms with Crippen LogP contribution in [0.25, 0.3) is 11.1 Å². The molecule has 0 aromatic heterocycles. The molecule has 26 heavy (non-hydrogen) atoms. The second-order valence-corrected chi connectivity index (χ2v) is 6.42. The third kappa shape index (κ3) is 2.79. The van der Waals surface area contributed by atoms with E-state index in [9.17, 15) is 35.1 Å². The highest BCUT2D eigenvalue weighted by molar-refractivity contribution is 5.69. The number of methoxy groups -OCH3 is 1. The number of rotatable bonds is 2. The minimum atomic E-state index is -2.26. The first-order chi connectivity index (χ1) is 11.9. The Morgan fingerprint density at radius 2 is 0.846 bits per heavy atom. The van der Waals surface area contributed by atoms with Gasteiger partial charge in [0.15, 0.2) is 40.7 Å². The fourth-order valence-corrected chi connectivity index (χ4v) is 2.52. The number of hydrogen-bond donors (Lipinski definition) is 0. The van der Waals surface area contributed by atoms with Gasteiger partial charge in [-0.3, -0.25) is 0 Å². The maximum absolute atomic E-state index is 14.3. The van der Waals surface area contributed by atoms with Crippen LogP contribution in [0.2, 0.25) is 0 Å². The normalized spacial score (nSPS) is 11.8. The highest BCUT2D eigenvalue weighted by Gasteiger charge is 2.36. The Morgan fingerprint density at radius 3 is 1.12 bits per heavy atom. The van der Waals surface area contributed by atoms with Gasteiger partial charge in [-0.15, -0.1) is 0 Å². The summed E-state index contributed by atoms with van der Waals surface area (Å²) in [5.74, 6) is -18.5. The zero-order chi connectivity index (χ0) is 20.1. The van der Waals surface area contributed by atoms with Crippen LogP contribution < -0.4 is 4.74 Å². The zero-order valence-electron chi connectivity index (χ0n) is 13.9. The molecule has 0 atom stereocenters. The van der Waals surface area contributed by atoms with Gasteiger partial charge in [0, 0.05) is 5.56 Å². The van der Waals surface area contributed by atoms with Crippen LogP contribution >= 0.6 is 0 Å². The Bertz CT molecular complexity index is 841. The molecule has 0 unspecified atom stereocenters. The summed E-state index contributed by atoms with van der Waals surface area (Å²) in [5.41, 5.74) is -6.26. The zero-order valence-corrected chi connectivity index (χ0v) is 13.9. The predicted octanol–water partition coefficient (Wildman–Crippen LogP) is 5.77. The molecule has 0 radical (unpaired) electrons. The molecule has 0 aliphatic rings. The minimum absolute atomic E-state index is 0.693. The Morgan fingerprint density at radius 1 is 0.538 bits per heavy atom. The quantitative estimate of drug-likeness (QED) is 0.472. The van der Waals surface area contributed by atoms with Gasteiger partial charge in [-0.1, -0.05) is 20.8 Å². The maximum atomic E-state index is 14.3. The molecule has 0 aliphatic heterocycles. The summed E-state index contributed by atoms with van der Waals surface area (Å²) in [5, 5.41) is 0. The number of benzene rings is 2. The highest BCUT2D eigenvalue weighted by atomic mass is 19.2. The first-order valence-electron chi connectivity index (χ1n) is 7.12. The molecular weight excluding hydrogens is 372 g/mol. The molecule has 0 spiro atoms. The van der Waals surface area contributed by atoms with Crippen molar-refractivity contribution in [1.29, 1.82) is 0 Å². The highest BCUT2D eigenvalue weighted by Crippen LogP contribution is 2.41. The SMILES string of the molecule is COc1c(F)c(F)c(-c2c(F)c(F)c(C(C)(C)C)c(F)c2F)c(F)c1F. The molecule has 2 aromatic carbocycles. The first kappa shape index (κ1) is 20.0. The topological polar surface area (TPSA) is 9.23 Å². The lowest BCUT2D eigenvalue weighted by molar-refractivity contribution is 0.333. The molecule has 2 rings (SSSR count). The van der Waals surface area contributed by atoms with E-state index in [2.05, 4.69) is 4.74 Å². The van der Waals surface area contributed by atoms with E-state index in [4.69, 9.17) is 0 Å². The largest absolute Gasteiger partial charge is 0.491 e. The molecule has 1 nitrogen and oxygen atoms in total. The summed E-state index contributed by atoms with van der Waals surface area (Å²) in [4.78, 5) is 0. The van der Waals surface area contributed by atoms with E-state index in [1.54, 1.807) is 0 Å². The fourth-order valence-electron chi connectivity index (χ4n) is 2.52. The molecule has 0 bridgehead atoms. The van der Waals surface area contributed by atoms with E-state index in [1.165, 1.54) is 20.8 Å². The van der Waals surface area contributed by atoms with Crippen molar-refractivity contribution in [3.63, 3.8) is 0 Å². The molecule has 0 saturated carbocycles. The number of ether oxygens (including phenoxy) is 1. The van der Waals surface area contributed by atoms with Crippen LogP contribution in [0, 0.1) is 46.5 Å². The second-order valence-electron chi connectivity index (χ2n) is 6.42. The fraction of sp³-hybridized carbons (Fsp3) is 0.294. The van der Waals surface area contributed by atoms with E-state index in [0.717, 1.165) is 0 Å². The third-order valence-corrected chi connectivity index (χ3v) is 3.69. The average Bonchev–Trinajstić information content (AvgIpc) is 2.54. The van der Waals surface area contributed by atoms with Gasteiger partial charge < -0.3 is 4.74 Å². The summed E-state index contributed by atoms with van der Waals surface area (Å²) in [6.07, 6.45) is 0. The van der Waals surface area contributed by atoms with Crippen LogP contribution in [0.4, 0.5) is 35.1 Å². The molecule has 0 heterocycles. The number of hydrogen-bond acceptors (Lipinski definition) is 1. The van der Waals surface area contributed by atoms with Crippen molar-refractivity contribution in [2.45, 2.75) is 26.2 Å². The van der Waals surface area contributed by atoms with Gasteiger partial charge in [-0.05, 0) is 5.41 Å². The lowest BCUT2D eigenvalue weighted by Crippen LogP contribution is -2.20. The van der Waals surface area contributed by atoms with Gasteiger partial charge in [-0.25, -0.2) is 26.3 Å². The second kappa shape index (κ2) is 6.44. The van der Waals surface area contributed by atoms with Crippen molar-refractivity contribution in [3.05, 3.63) is 52.1 Å². The summed E-state index contributed by atoms with van der Waals surface area (Å²) >= 11 is 0. The van der Waals surface area contributed by atoms with E-state index >= 15 is 0 Å². The molecule has 2 aromatic rings. The van der Waals surface area contributed by atoms with Crippen molar-refractivity contribution >= 4 is 0 Å². The van der Waals surface area contributed by atoms with E-state index in [1.807, 2.05) is 0 Å². The molecule has 0 aliphatic carbocycles. The van der Waals surface area contributed by atoms with Crippen LogP contribution in [0.15, 0.2) is 0 Å². The lowest BCUT2D eigenvalue weighted by atomic mass is 9.84. The molecule has 0 N–H and O–H groups in total. The summed E-state index contributed by atoms with van der Waals surface area (Å²) in [6.45, 7) is 3.71. The lowest BCUT2D eigenvalue weighted by Gasteiger charge is -2.23. The molecular formula is C17H12F8O. The molecule has 9 heteroatoms. The van der Waals surface area contributed by atoms with Crippen molar-refractivity contribution in [1.82, 2.24) is 0 Å². The van der Waals surface area contributed by atoms with E-state index in [0.29, 0.717) is 7.11 Å². The molecule has 0 amide bonds. The Balaban J connectivity index is 3.01. The Kier molecular flexibility index (Phi) is 4.95. The van der Waals surface area contributed by atoms with Crippen molar-refractivity contribution in [3.8, 4) is 16.9 Å². The third-order valence-electron chi connectivity index (χ3n) is 3.69. The van der Waals surface area contributed by atoms with Crippen LogP contribution in [-0.2, 0) is 5.41 Å². The van der Waals surface area contributed by atoms with Gasteiger partial charge in [0.2, 0.25) is 11.6 Å². The van der Waals surface area contributed by atoms with Crippen LogP contribution in [0.5, 0.6) is 5.75 Å². The Labute approximate surface area is 143 Å². The number of halogens is 8. The molecule has 0 fully saturated rings. The first-order valence-corrected chi connectivity index (χ1v) is 7.12. The summed E-state index contributed by atoms with van der Waals surface area (Å²) in [7, 11) is 0.693. The molecule has 0 saturated heterocycles. The standard InChI is InChI=1S/C17H12F8O/c1-17(2,3)7-12(22)8(18)5(9(19)13(7)23)6-10(20)14(24)16(26-4)15(25)11(6)21/h1-4H3. The monoisotopic (exact) mass is 384 g/mol. The van der Waals surface area contributed by atoms with Gasteiger partial charge in [0.25, 0.3) is 0 Å². The Hall–Kier alpha value is -2.32. The predicted molar refractivity (Wildman–Crippen MR) is 76.8 cm³/mol. The van der Waals surface area contributed by atoms with Crippen molar-refractivity contribution in [2.24, 2.45) is 0 Å². The van der Waals surface area contributed by atoms with Gasteiger partial charge in [0.05, 0.1) is 18.2 Å². The van der Waals surface area contributed by atoms with E-state index < -0.39 is 74.4 Å². The van der Waals surface area contributed by atoms with Gasteiger partial charge in [0.1, 0.15) is 0 Å². The van der Waals surface area contributed by atoms with Crippen LogP contribution in [0.1, 0.15) is 26.3 Å². The van der Waals surface area contributed by atoms with Gasteiger partial charge in [-0.2, -0.15) is 8.78 Å². The molecule has 142 valence electrons. The average molecular weight is 384 g/mol. The minimum Gasteiger partial charge on any atom is -0.491 e. The van der Waals surface area contributed by atoms with Crippen LogP contribution in [0.3, 0.4) is 0 Å². The summed E-state index contributed by atoms with van der Waals surface area (Å²) in [6, 6.07) is 0. The van der Waals surface area contributed by atoms with Crippen molar-refractivity contribution in [2.75, 3.05) is 7.11 Å². The van der Waals surface area contributed by atoms with Gasteiger partial charge >= 0.3 is 0 Å². The smallest absolute Gasteiger partial charge is 0.204 e.